The number of fused-ring (bicyclic) bond motifs is 1. The van der Waals surface area contributed by atoms with E-state index in [0.717, 1.165) is 41.9 Å². The molecule has 1 aromatic carbocycles. The van der Waals surface area contributed by atoms with Gasteiger partial charge in [-0.2, -0.15) is 0 Å². The number of nitrogens with one attached hydrogen (secondary N) is 1. The monoisotopic (exact) mass is 495 g/mol. The van der Waals surface area contributed by atoms with Gasteiger partial charge in [0.05, 0.1) is 11.7 Å². The number of anilines is 1. The minimum absolute atomic E-state index is 0.0784. The Bertz CT molecular complexity index is 1200. The highest BCUT2D eigenvalue weighted by molar-refractivity contribution is 7.17. The predicted molar refractivity (Wildman–Crippen MR) is 138 cm³/mol. The van der Waals surface area contributed by atoms with Gasteiger partial charge < -0.3 is 19.2 Å². The summed E-state index contributed by atoms with van der Waals surface area (Å²) in [5.41, 5.74) is 2.80. The molecular weight excluding hydrogens is 462 g/mol. The van der Waals surface area contributed by atoms with Crippen molar-refractivity contribution in [1.29, 1.82) is 0 Å². The van der Waals surface area contributed by atoms with Crippen LogP contribution >= 0.6 is 11.3 Å². The Morgan fingerprint density at radius 1 is 1.06 bits per heavy atom. The molecule has 1 aliphatic rings. The Hall–Kier alpha value is -3.06. The molecule has 2 heterocycles. The van der Waals surface area contributed by atoms with Gasteiger partial charge in [0.2, 0.25) is 0 Å². The first-order valence-corrected chi connectivity index (χ1v) is 12.9. The summed E-state index contributed by atoms with van der Waals surface area (Å²) in [4.78, 5) is 26.9. The minimum Gasteiger partial charge on any atom is -0.486 e. The van der Waals surface area contributed by atoms with Gasteiger partial charge in [-0.15, -0.1) is 11.3 Å². The molecule has 0 aliphatic heterocycles. The normalized spacial score (nSPS) is 13.4. The number of benzene rings is 1. The molecular formula is C28H33NO5S. The molecule has 186 valence electrons. The molecule has 1 aliphatic carbocycles. The first-order chi connectivity index (χ1) is 16.6. The van der Waals surface area contributed by atoms with E-state index >= 15 is 0 Å². The van der Waals surface area contributed by atoms with Crippen LogP contribution < -0.4 is 10.1 Å². The maximum Gasteiger partial charge on any atom is 0.341 e. The van der Waals surface area contributed by atoms with Crippen LogP contribution in [0.15, 0.2) is 40.8 Å². The first kappa shape index (κ1) is 25.0. The number of furan rings is 1. The van der Waals surface area contributed by atoms with Crippen LogP contribution in [0.5, 0.6) is 5.75 Å². The van der Waals surface area contributed by atoms with Crippen molar-refractivity contribution in [3.8, 4) is 5.75 Å². The molecule has 35 heavy (non-hydrogen) atoms. The molecule has 7 heteroatoms. The fourth-order valence-electron chi connectivity index (χ4n) is 4.09. The molecule has 1 N–H and O–H groups in total. The Morgan fingerprint density at radius 2 is 1.77 bits per heavy atom. The maximum atomic E-state index is 13.0. The van der Waals surface area contributed by atoms with Crippen LogP contribution in [0.3, 0.4) is 0 Å². The fraction of sp³-hybridized carbons (Fsp3) is 0.429. The number of carbonyl (C=O) groups is 2. The van der Waals surface area contributed by atoms with Crippen LogP contribution in [-0.4, -0.2) is 18.0 Å². The minimum atomic E-state index is -0.400. The van der Waals surface area contributed by atoms with E-state index in [1.807, 2.05) is 26.0 Å². The second kappa shape index (κ2) is 10.3. The zero-order valence-corrected chi connectivity index (χ0v) is 21.8. The third-order valence-corrected chi connectivity index (χ3v) is 7.14. The Balaban J connectivity index is 1.44. The largest absolute Gasteiger partial charge is 0.486 e. The summed E-state index contributed by atoms with van der Waals surface area (Å²) >= 11 is 1.46. The summed E-state index contributed by atoms with van der Waals surface area (Å²) in [7, 11) is 0. The third kappa shape index (κ3) is 5.96. The van der Waals surface area contributed by atoms with Crippen LogP contribution in [0.1, 0.15) is 90.1 Å². The van der Waals surface area contributed by atoms with Gasteiger partial charge >= 0.3 is 5.97 Å². The number of ether oxygens (including phenoxy) is 2. The quantitative estimate of drug-likeness (QED) is 0.360. The fourth-order valence-corrected chi connectivity index (χ4v) is 5.36. The highest BCUT2D eigenvalue weighted by Gasteiger charge is 2.28. The zero-order chi connectivity index (χ0) is 25.2. The second-order valence-corrected chi connectivity index (χ2v) is 11.3. The van der Waals surface area contributed by atoms with E-state index < -0.39 is 5.91 Å². The molecule has 6 nitrogen and oxygen atoms in total. The summed E-state index contributed by atoms with van der Waals surface area (Å²) in [5, 5.41) is 3.42. The predicted octanol–water partition coefficient (Wildman–Crippen LogP) is 6.91. The van der Waals surface area contributed by atoms with Gasteiger partial charge in [-0.05, 0) is 80.3 Å². The van der Waals surface area contributed by atoms with Crippen molar-refractivity contribution in [2.24, 2.45) is 0 Å². The van der Waals surface area contributed by atoms with Gasteiger partial charge in [-0.1, -0.05) is 32.9 Å². The van der Waals surface area contributed by atoms with Gasteiger partial charge in [-0.3, -0.25) is 4.79 Å². The van der Waals surface area contributed by atoms with E-state index in [9.17, 15) is 9.59 Å². The van der Waals surface area contributed by atoms with Gasteiger partial charge in [0.1, 0.15) is 23.1 Å². The number of thiophene rings is 1. The van der Waals surface area contributed by atoms with Gasteiger partial charge in [0.25, 0.3) is 5.91 Å². The van der Waals surface area contributed by atoms with Gasteiger partial charge in [0, 0.05) is 4.88 Å². The molecule has 3 aromatic rings. The molecule has 4 rings (SSSR count). The molecule has 0 bridgehead atoms. The van der Waals surface area contributed by atoms with E-state index in [4.69, 9.17) is 13.9 Å². The van der Waals surface area contributed by atoms with Crippen LogP contribution in [0.4, 0.5) is 5.00 Å². The summed E-state index contributed by atoms with van der Waals surface area (Å²) in [5.74, 6) is 0.655. The Kier molecular flexibility index (Phi) is 7.36. The lowest BCUT2D eigenvalue weighted by atomic mass is 9.87. The van der Waals surface area contributed by atoms with Crippen molar-refractivity contribution in [3.05, 3.63) is 69.5 Å². The standard InChI is InChI=1S/C28H33NO5S/c1-17(2)33-27(31)24-21-8-6-7-9-23(21)35-26(24)29-25(30)22-15-14-20(34-22)16-32-19-12-10-18(11-13-19)28(3,4)5/h10-15,17H,6-9,16H2,1-5H3,(H,29,30). The van der Waals surface area contributed by atoms with Crippen molar-refractivity contribution in [2.75, 3.05) is 5.32 Å². The second-order valence-electron chi connectivity index (χ2n) is 10.2. The number of carbonyl (C=O) groups excluding carboxylic acids is 2. The maximum absolute atomic E-state index is 13.0. The molecule has 1 amide bonds. The molecule has 2 aromatic heterocycles. The van der Waals surface area contributed by atoms with Crippen LogP contribution in [0, 0.1) is 0 Å². The Labute approximate surface area is 210 Å². The average Bonchev–Trinajstić information content (AvgIpc) is 3.41. The number of hydrogen-bond acceptors (Lipinski definition) is 6. The zero-order valence-electron chi connectivity index (χ0n) is 21.0. The lowest BCUT2D eigenvalue weighted by Crippen LogP contribution is -2.17. The Morgan fingerprint density at radius 3 is 2.46 bits per heavy atom. The summed E-state index contributed by atoms with van der Waals surface area (Å²) in [6.07, 6.45) is 3.61. The van der Waals surface area contributed by atoms with E-state index in [1.54, 1.807) is 12.1 Å². The first-order valence-electron chi connectivity index (χ1n) is 12.1. The summed E-state index contributed by atoms with van der Waals surface area (Å²) in [6.45, 7) is 10.3. The number of rotatable bonds is 7. The number of hydrogen-bond donors (Lipinski definition) is 1. The number of amides is 1. The van der Waals surface area contributed by atoms with Crippen LogP contribution in [0.2, 0.25) is 0 Å². The number of esters is 1. The molecule has 0 radical (unpaired) electrons. The smallest absolute Gasteiger partial charge is 0.341 e. The topological polar surface area (TPSA) is 77.8 Å². The average molecular weight is 496 g/mol. The van der Waals surface area contributed by atoms with Crippen molar-refractivity contribution in [2.45, 2.75) is 78.4 Å². The molecule has 0 fully saturated rings. The molecule has 0 saturated heterocycles. The van der Waals surface area contributed by atoms with Gasteiger partial charge in [-0.25, -0.2) is 4.79 Å². The highest BCUT2D eigenvalue weighted by atomic mass is 32.1. The molecule has 0 unspecified atom stereocenters. The van der Waals surface area contributed by atoms with Crippen molar-refractivity contribution < 1.29 is 23.5 Å². The summed E-state index contributed by atoms with van der Waals surface area (Å²) in [6, 6.07) is 11.3. The van der Waals surface area contributed by atoms with Crippen LogP contribution in [-0.2, 0) is 29.6 Å². The van der Waals surface area contributed by atoms with Gasteiger partial charge in [0.15, 0.2) is 5.76 Å². The van der Waals surface area contributed by atoms with E-state index in [-0.39, 0.29) is 29.9 Å². The number of aryl methyl sites for hydroxylation is 1. The highest BCUT2D eigenvalue weighted by Crippen LogP contribution is 2.39. The molecule has 0 spiro atoms. The molecule has 0 saturated carbocycles. The van der Waals surface area contributed by atoms with Crippen molar-refractivity contribution in [3.63, 3.8) is 0 Å². The SMILES string of the molecule is CC(C)OC(=O)c1c(NC(=O)c2ccc(COc3ccc(C(C)(C)C)cc3)o2)sc2c1CCCC2. The van der Waals surface area contributed by atoms with Crippen LogP contribution in [0.25, 0.3) is 0 Å². The summed E-state index contributed by atoms with van der Waals surface area (Å²) < 4.78 is 17.0. The van der Waals surface area contributed by atoms with E-state index in [0.29, 0.717) is 16.3 Å². The third-order valence-electron chi connectivity index (χ3n) is 5.93. The van der Waals surface area contributed by atoms with E-state index in [2.05, 4.69) is 38.2 Å². The van der Waals surface area contributed by atoms with E-state index in [1.165, 1.54) is 16.9 Å². The lowest BCUT2D eigenvalue weighted by Gasteiger charge is -2.19. The lowest BCUT2D eigenvalue weighted by molar-refractivity contribution is 0.0378. The van der Waals surface area contributed by atoms with Crippen molar-refractivity contribution >= 4 is 28.2 Å². The van der Waals surface area contributed by atoms with Crippen molar-refractivity contribution in [1.82, 2.24) is 0 Å². The molecule has 0 atom stereocenters.